The lowest BCUT2D eigenvalue weighted by molar-refractivity contribution is 0.0901. The van der Waals surface area contributed by atoms with Crippen LogP contribution in [0.15, 0.2) is 28.9 Å². The zero-order chi connectivity index (χ0) is 16.2. The van der Waals surface area contributed by atoms with Crippen molar-refractivity contribution in [1.82, 2.24) is 20.4 Å². The summed E-state index contributed by atoms with van der Waals surface area (Å²) in [7, 11) is 1.53. The van der Waals surface area contributed by atoms with Gasteiger partial charge in [-0.25, -0.2) is 4.98 Å². The van der Waals surface area contributed by atoms with Gasteiger partial charge in [-0.15, -0.1) is 0 Å². The number of aromatic nitrogens is 2. The van der Waals surface area contributed by atoms with E-state index in [0.717, 1.165) is 12.0 Å². The molecule has 0 saturated carbocycles. The molecule has 0 spiro atoms. The fraction of sp³-hybridized carbons (Fsp3) is 0.333. The Bertz CT molecular complexity index is 752. The van der Waals surface area contributed by atoms with Gasteiger partial charge in [0.15, 0.2) is 6.19 Å². The molecule has 8 nitrogen and oxygen atoms in total. The molecule has 0 aliphatic carbocycles. The lowest BCUT2D eigenvalue weighted by atomic mass is 10.2. The number of ether oxygens (including phenoxy) is 1. The summed E-state index contributed by atoms with van der Waals surface area (Å²) in [5, 5.41) is 15.6. The highest BCUT2D eigenvalue weighted by Gasteiger charge is 2.25. The molecule has 0 aromatic carbocycles. The zero-order valence-corrected chi connectivity index (χ0v) is 12.5. The van der Waals surface area contributed by atoms with Gasteiger partial charge in [0.05, 0.1) is 7.11 Å². The van der Waals surface area contributed by atoms with Gasteiger partial charge in [0.1, 0.15) is 5.69 Å². The molecule has 1 amide bonds. The van der Waals surface area contributed by atoms with E-state index in [1.54, 1.807) is 29.3 Å². The molecular weight excluding hydrogens is 298 g/mol. The van der Waals surface area contributed by atoms with Crippen LogP contribution in [-0.2, 0) is 0 Å². The van der Waals surface area contributed by atoms with Gasteiger partial charge in [0.25, 0.3) is 5.91 Å². The summed E-state index contributed by atoms with van der Waals surface area (Å²) >= 11 is 0. The van der Waals surface area contributed by atoms with E-state index in [4.69, 9.17) is 14.5 Å². The first kappa shape index (κ1) is 14.8. The second kappa shape index (κ2) is 6.36. The summed E-state index contributed by atoms with van der Waals surface area (Å²) in [5.41, 5.74) is 1.28. The van der Waals surface area contributed by atoms with E-state index in [-0.39, 0.29) is 17.7 Å². The van der Waals surface area contributed by atoms with Crippen molar-refractivity contribution in [2.24, 2.45) is 0 Å². The average Bonchev–Trinajstić information content (AvgIpc) is 3.24. The summed E-state index contributed by atoms with van der Waals surface area (Å²) < 4.78 is 10.2. The van der Waals surface area contributed by atoms with E-state index in [1.165, 1.54) is 7.11 Å². The minimum Gasteiger partial charge on any atom is -0.481 e. The molecule has 0 unspecified atom stereocenters. The molecule has 1 fully saturated rings. The number of likely N-dealkylation sites (tertiary alicyclic amines) is 1. The van der Waals surface area contributed by atoms with E-state index in [2.05, 4.69) is 21.7 Å². The quantitative estimate of drug-likeness (QED) is 0.840. The molecule has 0 bridgehead atoms. The van der Waals surface area contributed by atoms with Crippen LogP contribution in [0.1, 0.15) is 17.0 Å². The molecule has 23 heavy (non-hydrogen) atoms. The average molecular weight is 313 g/mol. The lowest BCUT2D eigenvalue weighted by Crippen LogP contribution is -2.36. The van der Waals surface area contributed by atoms with Crippen LogP contribution in [0.4, 0.5) is 0 Å². The third kappa shape index (κ3) is 3.23. The molecule has 3 rings (SSSR count). The number of hydrogen-bond acceptors (Lipinski definition) is 7. The predicted octanol–water partition coefficient (Wildman–Crippen LogP) is 1.03. The Hall–Kier alpha value is -3.08. The number of amides is 1. The van der Waals surface area contributed by atoms with Crippen LogP contribution in [0, 0.1) is 11.5 Å². The minimum absolute atomic E-state index is 0.0586. The molecule has 3 heterocycles. The fourth-order valence-electron chi connectivity index (χ4n) is 2.42. The van der Waals surface area contributed by atoms with E-state index in [1.807, 2.05) is 0 Å². The van der Waals surface area contributed by atoms with Gasteiger partial charge >= 0.3 is 0 Å². The largest absolute Gasteiger partial charge is 0.481 e. The summed E-state index contributed by atoms with van der Waals surface area (Å²) in [6, 6.07) is 4.98. The van der Waals surface area contributed by atoms with Crippen LogP contribution in [0.25, 0.3) is 11.3 Å². The Morgan fingerprint density at radius 3 is 3.17 bits per heavy atom. The van der Waals surface area contributed by atoms with Gasteiger partial charge in [0, 0.05) is 43.0 Å². The molecule has 1 aliphatic heterocycles. The molecule has 1 saturated heterocycles. The van der Waals surface area contributed by atoms with E-state index in [9.17, 15) is 4.79 Å². The highest BCUT2D eigenvalue weighted by molar-refractivity contribution is 5.92. The van der Waals surface area contributed by atoms with E-state index >= 15 is 0 Å². The van der Waals surface area contributed by atoms with Crippen molar-refractivity contribution in [1.29, 1.82) is 5.26 Å². The number of carbonyl (C=O) groups excluding carboxylic acids is 1. The van der Waals surface area contributed by atoms with Crippen molar-refractivity contribution < 1.29 is 14.1 Å². The number of nitriles is 1. The topological polar surface area (TPSA) is 104 Å². The Balaban J connectivity index is 1.69. The summed E-state index contributed by atoms with van der Waals surface area (Å²) in [6.45, 7) is 1.17. The molecule has 1 atom stereocenters. The van der Waals surface area contributed by atoms with Gasteiger partial charge in [0.2, 0.25) is 11.6 Å². The first-order valence-corrected chi connectivity index (χ1v) is 7.12. The molecule has 1 aliphatic rings. The van der Waals surface area contributed by atoms with Crippen molar-refractivity contribution in [2.75, 3.05) is 20.2 Å². The smallest absolute Gasteiger partial charge is 0.290 e. The number of carbonyl (C=O) groups is 1. The highest BCUT2D eigenvalue weighted by Crippen LogP contribution is 2.22. The van der Waals surface area contributed by atoms with Crippen molar-refractivity contribution >= 4 is 5.91 Å². The van der Waals surface area contributed by atoms with Crippen molar-refractivity contribution in [3.8, 4) is 23.3 Å². The Kier molecular flexibility index (Phi) is 4.10. The summed E-state index contributed by atoms with van der Waals surface area (Å²) in [4.78, 5) is 17.8. The SMILES string of the molecule is COc1cc(-c2cc(C(=O)N[C@@H]3CCN(C#N)C3)on2)ccn1. The van der Waals surface area contributed by atoms with Crippen LogP contribution in [0.2, 0.25) is 0 Å². The maximum absolute atomic E-state index is 12.2. The molecule has 1 N–H and O–H groups in total. The van der Waals surface area contributed by atoms with E-state index in [0.29, 0.717) is 24.7 Å². The monoisotopic (exact) mass is 313 g/mol. The van der Waals surface area contributed by atoms with Crippen LogP contribution in [-0.4, -0.2) is 47.2 Å². The molecule has 8 heteroatoms. The molecule has 118 valence electrons. The zero-order valence-electron chi connectivity index (χ0n) is 12.5. The van der Waals surface area contributed by atoms with Gasteiger partial charge < -0.3 is 19.5 Å². The molecule has 2 aromatic heterocycles. The maximum atomic E-state index is 12.2. The number of methoxy groups -OCH3 is 1. The number of nitrogens with one attached hydrogen (secondary N) is 1. The summed E-state index contributed by atoms with van der Waals surface area (Å²) in [5.74, 6) is 0.250. The highest BCUT2D eigenvalue weighted by atomic mass is 16.5. The third-order valence-electron chi connectivity index (χ3n) is 3.64. The van der Waals surface area contributed by atoms with Crippen LogP contribution in [0.5, 0.6) is 5.88 Å². The van der Waals surface area contributed by atoms with Crippen molar-refractivity contribution in [3.63, 3.8) is 0 Å². The maximum Gasteiger partial charge on any atom is 0.290 e. The van der Waals surface area contributed by atoms with Gasteiger partial charge in [-0.3, -0.25) is 4.79 Å². The minimum atomic E-state index is -0.338. The first-order chi connectivity index (χ1) is 11.2. The first-order valence-electron chi connectivity index (χ1n) is 7.12. The Morgan fingerprint density at radius 1 is 1.57 bits per heavy atom. The lowest BCUT2D eigenvalue weighted by Gasteiger charge is -2.10. The number of rotatable bonds is 4. The van der Waals surface area contributed by atoms with Gasteiger partial charge in [-0.05, 0) is 12.5 Å². The number of pyridine rings is 1. The number of hydrogen-bond donors (Lipinski definition) is 1. The molecule has 0 radical (unpaired) electrons. The van der Waals surface area contributed by atoms with Crippen LogP contribution in [0.3, 0.4) is 0 Å². The Labute approximate surface area is 132 Å². The number of nitrogens with zero attached hydrogens (tertiary/aromatic N) is 4. The fourth-order valence-corrected chi connectivity index (χ4v) is 2.42. The molecule has 2 aromatic rings. The second-order valence-electron chi connectivity index (χ2n) is 5.17. The van der Waals surface area contributed by atoms with Crippen LogP contribution >= 0.6 is 0 Å². The van der Waals surface area contributed by atoms with E-state index < -0.39 is 0 Å². The van der Waals surface area contributed by atoms with Crippen molar-refractivity contribution in [2.45, 2.75) is 12.5 Å². The van der Waals surface area contributed by atoms with Gasteiger partial charge in [-0.1, -0.05) is 5.16 Å². The van der Waals surface area contributed by atoms with Crippen molar-refractivity contribution in [3.05, 3.63) is 30.2 Å². The summed E-state index contributed by atoms with van der Waals surface area (Å²) in [6.07, 6.45) is 4.40. The predicted molar refractivity (Wildman–Crippen MR) is 79.3 cm³/mol. The normalized spacial score (nSPS) is 16.9. The third-order valence-corrected chi connectivity index (χ3v) is 3.64. The standard InChI is InChI=1S/C15H15N5O3/c1-22-14-6-10(2-4-17-14)12-7-13(23-19-12)15(21)18-11-3-5-20(8-11)9-16/h2,4,6-7,11H,3,5,8H2,1H3,(H,18,21)/t11-/m1/s1. The molecular formula is C15H15N5O3. The second-order valence-corrected chi connectivity index (χ2v) is 5.17. The van der Waals surface area contributed by atoms with Crippen LogP contribution < -0.4 is 10.1 Å². The Morgan fingerprint density at radius 2 is 2.43 bits per heavy atom. The van der Waals surface area contributed by atoms with Gasteiger partial charge in [-0.2, -0.15) is 5.26 Å².